The second-order valence-electron chi connectivity index (χ2n) is 5.90. The normalized spacial score (nSPS) is 13.6. The molecule has 0 aromatic heterocycles. The highest BCUT2D eigenvalue weighted by atomic mass is 16.6. The summed E-state index contributed by atoms with van der Waals surface area (Å²) < 4.78 is 0. The van der Waals surface area contributed by atoms with Gasteiger partial charge in [-0.2, -0.15) is 0 Å². The molecule has 0 bridgehead atoms. The van der Waals surface area contributed by atoms with Crippen molar-refractivity contribution in [2.45, 2.75) is 53.2 Å². The highest BCUT2D eigenvalue weighted by molar-refractivity contribution is 5.98. The zero-order valence-corrected chi connectivity index (χ0v) is 13.6. The van der Waals surface area contributed by atoms with Gasteiger partial charge in [0.1, 0.15) is 6.10 Å². The lowest BCUT2D eigenvalue weighted by Crippen LogP contribution is -2.35. The predicted molar refractivity (Wildman–Crippen MR) is 86.4 cm³/mol. The number of benzene rings is 1. The number of hydrogen-bond acceptors (Lipinski definition) is 4. The third kappa shape index (κ3) is 5.68. The van der Waals surface area contributed by atoms with E-state index in [-0.39, 0.29) is 17.8 Å². The molecule has 1 unspecified atom stereocenters. The molecule has 4 heteroatoms. The van der Waals surface area contributed by atoms with Crippen LogP contribution < -0.4 is 5.73 Å². The molecule has 116 valence electrons. The van der Waals surface area contributed by atoms with Crippen LogP contribution in [0.1, 0.15) is 45.7 Å². The minimum atomic E-state index is -0.435. The molecule has 0 spiro atoms. The molecule has 0 aliphatic rings. The summed E-state index contributed by atoms with van der Waals surface area (Å²) in [5.41, 5.74) is 8.82. The number of nitrogens with two attached hydrogens (primary N) is 1. The predicted octanol–water partition coefficient (Wildman–Crippen LogP) is 2.93. The number of Topliss-reactive ketones (excluding diaryl/α,β-unsaturated/α-hetero) is 1. The minimum absolute atomic E-state index is 0.0261. The van der Waals surface area contributed by atoms with Crippen LogP contribution in [0.5, 0.6) is 0 Å². The van der Waals surface area contributed by atoms with E-state index >= 15 is 0 Å². The van der Waals surface area contributed by atoms with E-state index in [2.05, 4.69) is 5.16 Å². The third-order valence-corrected chi connectivity index (χ3v) is 3.16. The number of carbonyl (C=O) groups is 1. The number of ketones is 1. The van der Waals surface area contributed by atoms with Crippen LogP contribution in [-0.2, 0) is 16.1 Å². The first kappa shape index (κ1) is 17.4. The van der Waals surface area contributed by atoms with E-state index in [1.54, 1.807) is 0 Å². The maximum atomic E-state index is 11.8. The van der Waals surface area contributed by atoms with Gasteiger partial charge >= 0.3 is 0 Å². The fourth-order valence-corrected chi connectivity index (χ4v) is 1.90. The number of rotatable bonds is 7. The van der Waals surface area contributed by atoms with Gasteiger partial charge in [0.15, 0.2) is 5.78 Å². The highest BCUT2D eigenvalue weighted by Gasteiger charge is 2.17. The fraction of sp³-hybridized carbons (Fsp3) is 0.529. The average molecular weight is 290 g/mol. The van der Waals surface area contributed by atoms with E-state index in [9.17, 15) is 4.79 Å². The Morgan fingerprint density at radius 2 is 1.76 bits per heavy atom. The Hall–Kier alpha value is -1.68. The molecule has 0 radical (unpaired) electrons. The summed E-state index contributed by atoms with van der Waals surface area (Å²) >= 11 is 0. The van der Waals surface area contributed by atoms with E-state index in [1.165, 1.54) is 0 Å². The number of hydrogen-bond donors (Lipinski definition) is 1. The summed E-state index contributed by atoms with van der Waals surface area (Å²) in [6.07, 6.45) is 0.634. The number of nitrogens with zero attached hydrogens (tertiary/aromatic N) is 1. The van der Waals surface area contributed by atoms with Gasteiger partial charge in [-0.05, 0) is 38.3 Å². The van der Waals surface area contributed by atoms with Gasteiger partial charge in [-0.3, -0.25) is 4.79 Å². The number of carbonyl (C=O) groups excluding carboxylic acids is 1. The number of oxime groups is 1. The smallest absolute Gasteiger partial charge is 0.152 e. The van der Waals surface area contributed by atoms with Crippen LogP contribution in [0.2, 0.25) is 0 Å². The Balaban J connectivity index is 2.70. The molecule has 4 nitrogen and oxygen atoms in total. The summed E-state index contributed by atoms with van der Waals surface area (Å²) in [5.74, 6) is 0.0731. The van der Waals surface area contributed by atoms with Crippen LogP contribution in [0.3, 0.4) is 0 Å². The van der Waals surface area contributed by atoms with Gasteiger partial charge in [0.25, 0.3) is 0 Å². The summed E-state index contributed by atoms with van der Waals surface area (Å²) in [4.78, 5) is 17.0. The van der Waals surface area contributed by atoms with Crippen molar-refractivity contribution in [2.24, 2.45) is 16.8 Å². The van der Waals surface area contributed by atoms with Crippen LogP contribution in [0.25, 0.3) is 0 Å². The van der Waals surface area contributed by atoms with Gasteiger partial charge in [-0.1, -0.05) is 43.3 Å². The van der Waals surface area contributed by atoms with Crippen LogP contribution >= 0.6 is 0 Å². The molecular weight excluding hydrogens is 264 g/mol. The second kappa shape index (κ2) is 7.93. The van der Waals surface area contributed by atoms with Crippen molar-refractivity contribution in [3.05, 3.63) is 35.4 Å². The Kier molecular flexibility index (Phi) is 6.56. The minimum Gasteiger partial charge on any atom is -0.393 e. The standard InChI is InChI=1S/C17H26N2O2/c1-11(2)17(20)16(18)10-14-6-8-15(9-7-14)13(5)19-21-12(3)4/h6-9,11-12,16H,10,18H2,1-5H3/b19-13-. The Bertz CT molecular complexity index is 490. The summed E-state index contributed by atoms with van der Waals surface area (Å²) in [5, 5.41) is 4.07. The molecule has 1 aromatic carbocycles. The largest absolute Gasteiger partial charge is 0.393 e. The van der Waals surface area contributed by atoms with Crippen LogP contribution in [0, 0.1) is 5.92 Å². The topological polar surface area (TPSA) is 64.7 Å². The van der Waals surface area contributed by atoms with Crippen LogP contribution in [0.15, 0.2) is 29.4 Å². The quantitative estimate of drug-likeness (QED) is 0.620. The molecule has 0 aliphatic carbocycles. The first-order valence-corrected chi connectivity index (χ1v) is 7.40. The lowest BCUT2D eigenvalue weighted by Gasteiger charge is -2.13. The third-order valence-electron chi connectivity index (χ3n) is 3.16. The molecule has 0 fully saturated rings. The molecule has 2 N–H and O–H groups in total. The van der Waals surface area contributed by atoms with Crippen molar-refractivity contribution in [1.29, 1.82) is 0 Å². The van der Waals surface area contributed by atoms with Gasteiger partial charge in [-0.25, -0.2) is 0 Å². The zero-order valence-electron chi connectivity index (χ0n) is 13.6. The van der Waals surface area contributed by atoms with Crippen molar-refractivity contribution in [3.63, 3.8) is 0 Å². The van der Waals surface area contributed by atoms with E-state index in [0.717, 1.165) is 16.8 Å². The van der Waals surface area contributed by atoms with Gasteiger partial charge in [0.2, 0.25) is 0 Å². The van der Waals surface area contributed by atoms with Gasteiger partial charge in [0.05, 0.1) is 11.8 Å². The lowest BCUT2D eigenvalue weighted by atomic mass is 9.96. The monoisotopic (exact) mass is 290 g/mol. The second-order valence-corrected chi connectivity index (χ2v) is 5.90. The molecule has 21 heavy (non-hydrogen) atoms. The molecule has 1 atom stereocenters. The molecular formula is C17H26N2O2. The fourth-order valence-electron chi connectivity index (χ4n) is 1.90. The molecule has 1 aromatic rings. The molecule has 0 saturated carbocycles. The Labute approximate surface area is 127 Å². The van der Waals surface area contributed by atoms with Gasteiger partial charge < -0.3 is 10.6 Å². The maximum absolute atomic E-state index is 11.8. The van der Waals surface area contributed by atoms with Crippen LogP contribution in [0.4, 0.5) is 0 Å². The van der Waals surface area contributed by atoms with Crippen molar-refractivity contribution < 1.29 is 9.63 Å². The van der Waals surface area contributed by atoms with Crippen molar-refractivity contribution >= 4 is 11.5 Å². The lowest BCUT2D eigenvalue weighted by molar-refractivity contribution is -0.123. The van der Waals surface area contributed by atoms with Crippen molar-refractivity contribution in [3.8, 4) is 0 Å². The Morgan fingerprint density at radius 3 is 2.24 bits per heavy atom. The van der Waals surface area contributed by atoms with E-state index < -0.39 is 6.04 Å². The van der Waals surface area contributed by atoms with E-state index in [4.69, 9.17) is 10.6 Å². The summed E-state index contributed by atoms with van der Waals surface area (Å²) in [6, 6.07) is 7.48. The molecule has 0 heterocycles. The molecule has 0 saturated heterocycles. The average Bonchev–Trinajstić information content (AvgIpc) is 2.44. The SMILES string of the molecule is C/C(=N/OC(C)C)c1ccc(CC(N)C(=O)C(C)C)cc1. The summed E-state index contributed by atoms with van der Waals surface area (Å²) in [6.45, 7) is 9.53. The molecule has 1 rings (SSSR count). The van der Waals surface area contributed by atoms with Crippen molar-refractivity contribution in [1.82, 2.24) is 0 Å². The summed E-state index contributed by atoms with van der Waals surface area (Å²) in [7, 11) is 0. The maximum Gasteiger partial charge on any atom is 0.152 e. The first-order chi connectivity index (χ1) is 9.81. The molecule has 0 amide bonds. The first-order valence-electron chi connectivity index (χ1n) is 7.40. The van der Waals surface area contributed by atoms with E-state index in [0.29, 0.717) is 6.42 Å². The van der Waals surface area contributed by atoms with Crippen molar-refractivity contribution in [2.75, 3.05) is 0 Å². The zero-order chi connectivity index (χ0) is 16.0. The van der Waals surface area contributed by atoms with Gasteiger partial charge in [0, 0.05) is 5.92 Å². The highest BCUT2D eigenvalue weighted by Crippen LogP contribution is 2.10. The Morgan fingerprint density at radius 1 is 1.19 bits per heavy atom. The van der Waals surface area contributed by atoms with E-state index in [1.807, 2.05) is 58.9 Å². The van der Waals surface area contributed by atoms with Crippen LogP contribution in [-0.4, -0.2) is 23.6 Å². The van der Waals surface area contributed by atoms with Gasteiger partial charge in [-0.15, -0.1) is 0 Å². The molecule has 0 aliphatic heterocycles.